The maximum absolute atomic E-state index is 11.3. The molecule has 1 aromatic heterocycles. The number of methoxy groups -OCH3 is 1. The van der Waals surface area contributed by atoms with Crippen LogP contribution >= 0.6 is 24.0 Å². The molecule has 0 fully saturated rings. The molecule has 0 aliphatic rings. The fourth-order valence-corrected chi connectivity index (χ4v) is 2.16. The topological polar surface area (TPSA) is 26.3 Å². The highest BCUT2D eigenvalue weighted by Crippen LogP contribution is 2.29. The average molecular weight is 236 g/mol. The van der Waals surface area contributed by atoms with Crippen molar-refractivity contribution >= 4 is 53.0 Å². The van der Waals surface area contributed by atoms with Crippen molar-refractivity contribution in [1.29, 1.82) is 0 Å². The third-order valence-corrected chi connectivity index (χ3v) is 3.17. The van der Waals surface area contributed by atoms with Gasteiger partial charge in [-0.05, 0) is 4.78 Å². The van der Waals surface area contributed by atoms with Gasteiger partial charge in [-0.25, -0.2) is 4.79 Å². The van der Waals surface area contributed by atoms with Crippen LogP contribution in [-0.2, 0) is 9.53 Å². The summed E-state index contributed by atoms with van der Waals surface area (Å²) in [7, 11) is 6.95. The molecule has 0 unspecified atom stereocenters. The molecule has 76 valence electrons. The maximum Gasteiger partial charge on any atom is 0.337 e. The Morgan fingerprint density at radius 1 is 1.60 bits per heavy atom. The van der Waals surface area contributed by atoms with Gasteiger partial charge in [0.05, 0.1) is 12.7 Å². The zero-order valence-corrected chi connectivity index (χ0v) is 9.95. The van der Waals surface area contributed by atoms with Crippen molar-refractivity contribution in [3.8, 4) is 0 Å². The number of hydrogen-bond acceptors (Lipinski definition) is 4. The molecule has 0 spiro atoms. The van der Waals surface area contributed by atoms with Crippen molar-refractivity contribution in [2.24, 2.45) is 0 Å². The Bertz CT molecular complexity index is 435. The van der Waals surface area contributed by atoms with Gasteiger partial charge in [0.25, 0.3) is 0 Å². The van der Waals surface area contributed by atoms with Gasteiger partial charge in [0.15, 0.2) is 0 Å². The molecule has 0 saturated heterocycles. The van der Waals surface area contributed by atoms with Crippen molar-refractivity contribution in [1.82, 2.24) is 0 Å². The summed E-state index contributed by atoms with van der Waals surface area (Å²) >= 11 is 5.44. The first-order chi connectivity index (χ1) is 6.97. The molecule has 2 nitrogen and oxygen atoms in total. The van der Waals surface area contributed by atoms with E-state index in [0.717, 1.165) is 4.88 Å². The molecule has 1 heterocycles. The molecule has 5 heteroatoms. The molecule has 1 rings (SSSR count). The normalized spacial score (nSPS) is 9.73. The van der Waals surface area contributed by atoms with Crippen LogP contribution in [0.1, 0.15) is 10.4 Å². The molecule has 15 heavy (non-hydrogen) atoms. The number of carbonyl (C=O) groups is 1. The van der Waals surface area contributed by atoms with E-state index in [9.17, 15) is 4.79 Å². The van der Waals surface area contributed by atoms with Gasteiger partial charge in [0.1, 0.15) is 7.85 Å². The minimum Gasteiger partial charge on any atom is -0.465 e. The van der Waals surface area contributed by atoms with Crippen molar-refractivity contribution in [3.63, 3.8) is 0 Å². The lowest BCUT2D eigenvalue weighted by atomic mass is 10.0. The lowest BCUT2D eigenvalue weighted by Gasteiger charge is -2.04. The van der Waals surface area contributed by atoms with Crippen molar-refractivity contribution in [2.45, 2.75) is 0 Å². The molecule has 0 N–H and O–H groups in total. The van der Waals surface area contributed by atoms with E-state index in [1.54, 1.807) is 6.07 Å². The molecule has 0 bridgehead atoms. The van der Waals surface area contributed by atoms with Gasteiger partial charge < -0.3 is 4.74 Å². The smallest absolute Gasteiger partial charge is 0.337 e. The molecule has 0 aliphatic heterocycles. The van der Waals surface area contributed by atoms with Crippen LogP contribution in [0.3, 0.4) is 0 Å². The summed E-state index contributed by atoms with van der Waals surface area (Å²) in [5.41, 5.74) is 0.889. The van der Waals surface area contributed by atoms with Gasteiger partial charge in [-0.3, -0.25) is 0 Å². The second-order valence-corrected chi connectivity index (χ2v) is 4.43. The maximum atomic E-state index is 11.3. The molecule has 0 aliphatic carbocycles. The SMILES string of the molecule is [B]c1cc(C(=C)C(=O)OC)c(C(=C)S)s1. The highest BCUT2D eigenvalue weighted by atomic mass is 32.1. The van der Waals surface area contributed by atoms with Crippen molar-refractivity contribution < 1.29 is 9.53 Å². The van der Waals surface area contributed by atoms with Crippen LogP contribution < -0.4 is 4.78 Å². The predicted octanol–water partition coefficient (Wildman–Crippen LogP) is 1.63. The van der Waals surface area contributed by atoms with Crippen LogP contribution in [0.2, 0.25) is 0 Å². The number of esters is 1. The lowest BCUT2D eigenvalue weighted by molar-refractivity contribution is -0.133. The monoisotopic (exact) mass is 236 g/mol. The number of thiophene rings is 1. The van der Waals surface area contributed by atoms with Gasteiger partial charge in [0, 0.05) is 15.3 Å². The average Bonchev–Trinajstić information content (AvgIpc) is 2.58. The van der Waals surface area contributed by atoms with E-state index in [1.807, 2.05) is 0 Å². The van der Waals surface area contributed by atoms with E-state index < -0.39 is 5.97 Å². The molecular formula is C10H9BO2S2. The summed E-state index contributed by atoms with van der Waals surface area (Å²) in [6.45, 7) is 7.35. The largest absolute Gasteiger partial charge is 0.465 e. The second kappa shape index (κ2) is 4.72. The second-order valence-electron chi connectivity index (χ2n) is 2.81. The molecule has 0 saturated carbocycles. The third-order valence-electron chi connectivity index (χ3n) is 1.77. The quantitative estimate of drug-likeness (QED) is 0.373. The Labute approximate surface area is 99.5 Å². The Hall–Kier alpha value is -0.935. The van der Waals surface area contributed by atoms with Gasteiger partial charge in [-0.15, -0.1) is 12.6 Å². The van der Waals surface area contributed by atoms with Crippen molar-refractivity contribution in [3.05, 3.63) is 29.7 Å². The Morgan fingerprint density at radius 3 is 2.67 bits per heavy atom. The summed E-state index contributed by atoms with van der Waals surface area (Å²) in [5, 5.41) is 0. The minimum atomic E-state index is -0.483. The molecular weight excluding hydrogens is 227 g/mol. The van der Waals surface area contributed by atoms with Crippen molar-refractivity contribution in [2.75, 3.05) is 7.11 Å². The first-order valence-corrected chi connectivity index (χ1v) is 5.29. The summed E-state index contributed by atoms with van der Waals surface area (Å²) in [5.74, 6) is -0.483. The number of carbonyl (C=O) groups excluding carboxylic acids is 1. The van der Waals surface area contributed by atoms with Gasteiger partial charge in [-0.2, -0.15) is 11.3 Å². The third kappa shape index (κ3) is 2.55. The Balaban J connectivity index is 3.19. The molecule has 0 amide bonds. The van der Waals surface area contributed by atoms with E-state index in [-0.39, 0.29) is 5.57 Å². The number of ether oxygens (including phenoxy) is 1. The highest BCUT2D eigenvalue weighted by Gasteiger charge is 2.16. The van der Waals surface area contributed by atoms with E-state index in [4.69, 9.17) is 7.85 Å². The van der Waals surface area contributed by atoms with Gasteiger partial charge in [0.2, 0.25) is 0 Å². The van der Waals surface area contributed by atoms with Gasteiger partial charge >= 0.3 is 5.97 Å². The first-order valence-electron chi connectivity index (χ1n) is 4.02. The summed E-state index contributed by atoms with van der Waals surface area (Å²) in [4.78, 5) is 12.6. The standard InChI is InChI=1S/C10H9BO2S2/c1-5(10(12)13-3)7-4-8(11)15-9(7)6(2)14/h4,14H,1-2H2,3H3. The number of hydrogen-bond donors (Lipinski definition) is 1. The van der Waals surface area contributed by atoms with Crippen LogP contribution in [0.5, 0.6) is 0 Å². The van der Waals surface area contributed by atoms with Crippen LogP contribution in [0.25, 0.3) is 10.5 Å². The van der Waals surface area contributed by atoms with E-state index in [2.05, 4.69) is 30.5 Å². The Morgan fingerprint density at radius 2 is 2.20 bits per heavy atom. The van der Waals surface area contributed by atoms with E-state index >= 15 is 0 Å². The molecule has 0 atom stereocenters. The van der Waals surface area contributed by atoms with E-state index in [1.165, 1.54) is 18.4 Å². The fraction of sp³-hybridized carbons (Fsp3) is 0.100. The van der Waals surface area contributed by atoms with Crippen LogP contribution in [0.4, 0.5) is 0 Å². The first kappa shape index (κ1) is 12.1. The Kier molecular flexibility index (Phi) is 3.82. The summed E-state index contributed by atoms with van der Waals surface area (Å²) in [6.07, 6.45) is 0. The predicted molar refractivity (Wildman–Crippen MR) is 68.8 cm³/mol. The van der Waals surface area contributed by atoms with Crippen LogP contribution in [0.15, 0.2) is 19.2 Å². The molecule has 0 aromatic carbocycles. The summed E-state index contributed by atoms with van der Waals surface area (Å²) in [6, 6.07) is 1.67. The van der Waals surface area contributed by atoms with Crippen LogP contribution in [-0.4, -0.2) is 20.9 Å². The number of rotatable bonds is 3. The van der Waals surface area contributed by atoms with E-state index in [0.29, 0.717) is 15.2 Å². The number of thiol groups is 1. The zero-order valence-electron chi connectivity index (χ0n) is 8.24. The lowest BCUT2D eigenvalue weighted by Crippen LogP contribution is -2.03. The minimum absolute atomic E-state index is 0.260. The fourth-order valence-electron chi connectivity index (χ4n) is 1.08. The zero-order chi connectivity index (χ0) is 11.6. The highest BCUT2D eigenvalue weighted by molar-refractivity contribution is 7.90. The molecule has 2 radical (unpaired) electrons. The van der Waals surface area contributed by atoms with Crippen LogP contribution in [0, 0.1) is 0 Å². The van der Waals surface area contributed by atoms with Gasteiger partial charge in [-0.1, -0.05) is 19.2 Å². The molecule has 1 aromatic rings. The summed E-state index contributed by atoms with van der Waals surface area (Å²) < 4.78 is 5.16.